The fraction of sp³-hybridized carbons (Fsp3) is 0.368. The van der Waals surface area contributed by atoms with Gasteiger partial charge < -0.3 is 5.32 Å². The average Bonchev–Trinajstić information content (AvgIpc) is 2.49. The van der Waals surface area contributed by atoms with E-state index in [2.05, 4.69) is 21.7 Å². The fourth-order valence-corrected chi connectivity index (χ4v) is 2.39. The fourth-order valence-electron chi connectivity index (χ4n) is 2.39. The second-order valence-electron chi connectivity index (χ2n) is 6.53. The first-order valence-electron chi connectivity index (χ1n) is 7.83. The molecule has 0 atom stereocenters. The summed E-state index contributed by atoms with van der Waals surface area (Å²) in [7, 11) is 0. The number of carbonyl (C=O) groups excluding carboxylic acids is 1. The number of nitrogens with one attached hydrogen (secondary N) is 2. The van der Waals surface area contributed by atoms with Crippen LogP contribution in [-0.4, -0.2) is 17.4 Å². The quantitative estimate of drug-likeness (QED) is 0.889. The van der Waals surface area contributed by atoms with E-state index in [0.29, 0.717) is 0 Å². The van der Waals surface area contributed by atoms with Crippen molar-refractivity contribution in [2.75, 3.05) is 11.9 Å². The summed E-state index contributed by atoms with van der Waals surface area (Å²) in [5.41, 5.74) is 4.84. The van der Waals surface area contributed by atoms with E-state index in [9.17, 15) is 4.79 Å². The van der Waals surface area contributed by atoms with E-state index >= 15 is 0 Å². The number of nitrogens with zero attached hydrogens (tertiary/aromatic N) is 1. The van der Waals surface area contributed by atoms with E-state index in [1.807, 2.05) is 65.1 Å². The summed E-state index contributed by atoms with van der Waals surface area (Å²) in [5.74, 6) is -0.0508. The van der Waals surface area contributed by atoms with Crippen molar-refractivity contribution in [3.63, 3.8) is 0 Å². The molecule has 0 bridgehead atoms. The molecule has 0 saturated carbocycles. The minimum atomic E-state index is -0.319. The number of aromatic nitrogens is 1. The monoisotopic (exact) mass is 311 g/mol. The molecule has 4 nitrogen and oxygen atoms in total. The van der Waals surface area contributed by atoms with Crippen molar-refractivity contribution in [2.45, 2.75) is 40.2 Å². The van der Waals surface area contributed by atoms with E-state index in [-0.39, 0.29) is 18.0 Å². The van der Waals surface area contributed by atoms with Crippen molar-refractivity contribution in [1.82, 2.24) is 10.3 Å². The Balaban J connectivity index is 1.96. The Morgan fingerprint density at radius 3 is 2.48 bits per heavy atom. The first kappa shape index (κ1) is 17.2. The van der Waals surface area contributed by atoms with Gasteiger partial charge >= 0.3 is 0 Å². The lowest BCUT2D eigenvalue weighted by Gasteiger charge is -2.26. The number of amides is 1. The van der Waals surface area contributed by atoms with Crippen LogP contribution < -0.4 is 10.6 Å². The summed E-state index contributed by atoms with van der Waals surface area (Å²) in [6.07, 6.45) is 1.85. The van der Waals surface area contributed by atoms with Crippen molar-refractivity contribution >= 4 is 11.6 Å². The Bertz CT molecular complexity index is 690. The second-order valence-corrected chi connectivity index (χ2v) is 6.53. The maximum atomic E-state index is 12.2. The summed E-state index contributed by atoms with van der Waals surface area (Å²) in [4.78, 5) is 16.5. The topological polar surface area (TPSA) is 54.0 Å². The zero-order valence-electron chi connectivity index (χ0n) is 14.5. The molecule has 2 rings (SSSR count). The van der Waals surface area contributed by atoms with Crippen LogP contribution in [-0.2, 0) is 10.3 Å². The minimum Gasteiger partial charge on any atom is -0.325 e. The van der Waals surface area contributed by atoms with Gasteiger partial charge in [-0.3, -0.25) is 15.1 Å². The Morgan fingerprint density at radius 1 is 1.13 bits per heavy atom. The molecule has 4 heteroatoms. The molecule has 0 aliphatic heterocycles. The smallest absolute Gasteiger partial charge is 0.238 e. The number of anilines is 1. The molecule has 0 radical (unpaired) electrons. The predicted molar refractivity (Wildman–Crippen MR) is 94.5 cm³/mol. The van der Waals surface area contributed by atoms with E-state index in [4.69, 9.17) is 0 Å². The Kier molecular flexibility index (Phi) is 5.16. The van der Waals surface area contributed by atoms with Crippen molar-refractivity contribution < 1.29 is 4.79 Å². The van der Waals surface area contributed by atoms with Crippen LogP contribution in [0.4, 0.5) is 5.69 Å². The molecule has 122 valence electrons. The summed E-state index contributed by atoms with van der Waals surface area (Å²) in [6.45, 7) is 10.3. The van der Waals surface area contributed by atoms with Crippen LogP contribution >= 0.6 is 0 Å². The molecular weight excluding hydrogens is 286 g/mol. The second kappa shape index (κ2) is 6.92. The van der Waals surface area contributed by atoms with Crippen LogP contribution in [0, 0.1) is 20.8 Å². The van der Waals surface area contributed by atoms with Crippen molar-refractivity contribution in [3.05, 3.63) is 58.9 Å². The van der Waals surface area contributed by atoms with Crippen molar-refractivity contribution in [3.8, 4) is 0 Å². The highest BCUT2D eigenvalue weighted by atomic mass is 16.1. The zero-order chi connectivity index (χ0) is 17.0. The lowest BCUT2D eigenvalue weighted by atomic mass is 9.96. The predicted octanol–water partition coefficient (Wildman–Crippen LogP) is 3.47. The molecule has 0 unspecified atom stereocenters. The summed E-state index contributed by atoms with van der Waals surface area (Å²) >= 11 is 0. The molecular formula is C19H25N3O. The summed E-state index contributed by atoms with van der Waals surface area (Å²) in [6, 6.07) is 10.0. The van der Waals surface area contributed by atoms with Crippen LogP contribution in [0.5, 0.6) is 0 Å². The molecule has 23 heavy (non-hydrogen) atoms. The van der Waals surface area contributed by atoms with Crippen LogP contribution in [0.2, 0.25) is 0 Å². The van der Waals surface area contributed by atoms with Crippen molar-refractivity contribution in [2.24, 2.45) is 0 Å². The molecule has 0 fully saturated rings. The Labute approximate surface area is 138 Å². The highest BCUT2D eigenvalue weighted by Gasteiger charge is 2.21. The molecule has 0 spiro atoms. The highest BCUT2D eigenvalue weighted by Crippen LogP contribution is 2.19. The van der Waals surface area contributed by atoms with Gasteiger partial charge in [0.2, 0.25) is 5.91 Å². The lowest BCUT2D eigenvalue weighted by molar-refractivity contribution is -0.115. The van der Waals surface area contributed by atoms with Crippen LogP contribution in [0.3, 0.4) is 0 Å². The van der Waals surface area contributed by atoms with Gasteiger partial charge in [-0.15, -0.1) is 0 Å². The third-order valence-corrected chi connectivity index (χ3v) is 3.98. The Morgan fingerprint density at radius 2 is 1.87 bits per heavy atom. The largest absolute Gasteiger partial charge is 0.325 e. The standard InChI is InChI=1S/C19H25N3O/c1-13-6-9-17(14(2)10-13)22-18(23)12-21-19(4,5)16-8-7-15(3)20-11-16/h6-11,21H,12H2,1-5H3,(H,22,23). The molecule has 0 aliphatic rings. The van der Waals surface area contributed by atoms with Crippen LogP contribution in [0.25, 0.3) is 0 Å². The maximum Gasteiger partial charge on any atom is 0.238 e. The molecule has 0 aliphatic carbocycles. The number of aryl methyl sites for hydroxylation is 3. The van der Waals surface area contributed by atoms with Crippen LogP contribution in [0.15, 0.2) is 36.5 Å². The number of hydrogen-bond acceptors (Lipinski definition) is 3. The van der Waals surface area contributed by atoms with Gasteiger partial charge in [0.1, 0.15) is 0 Å². The van der Waals surface area contributed by atoms with Gasteiger partial charge in [-0.2, -0.15) is 0 Å². The van der Waals surface area contributed by atoms with E-state index in [1.165, 1.54) is 5.56 Å². The average molecular weight is 311 g/mol. The summed E-state index contributed by atoms with van der Waals surface area (Å²) in [5, 5.41) is 6.25. The zero-order valence-corrected chi connectivity index (χ0v) is 14.5. The van der Waals surface area contributed by atoms with E-state index < -0.39 is 0 Å². The Hall–Kier alpha value is -2.20. The van der Waals surface area contributed by atoms with Gasteiger partial charge in [-0.1, -0.05) is 23.8 Å². The number of rotatable bonds is 5. The van der Waals surface area contributed by atoms with E-state index in [0.717, 1.165) is 22.5 Å². The normalized spacial score (nSPS) is 11.3. The van der Waals surface area contributed by atoms with Crippen LogP contribution in [0.1, 0.15) is 36.2 Å². The van der Waals surface area contributed by atoms with Crippen molar-refractivity contribution in [1.29, 1.82) is 0 Å². The molecule has 1 amide bonds. The lowest BCUT2D eigenvalue weighted by Crippen LogP contribution is -2.41. The maximum absolute atomic E-state index is 12.2. The number of hydrogen-bond donors (Lipinski definition) is 2. The molecule has 1 heterocycles. The molecule has 2 N–H and O–H groups in total. The molecule has 0 saturated heterocycles. The molecule has 2 aromatic rings. The molecule has 1 aromatic carbocycles. The minimum absolute atomic E-state index is 0.0508. The highest BCUT2D eigenvalue weighted by molar-refractivity contribution is 5.93. The van der Waals surface area contributed by atoms with Gasteiger partial charge in [0, 0.05) is 23.1 Å². The number of pyridine rings is 1. The molecule has 1 aromatic heterocycles. The third-order valence-electron chi connectivity index (χ3n) is 3.98. The van der Waals surface area contributed by atoms with Gasteiger partial charge in [0.05, 0.1) is 6.54 Å². The van der Waals surface area contributed by atoms with Gasteiger partial charge in [-0.25, -0.2) is 0 Å². The third kappa shape index (κ3) is 4.63. The summed E-state index contributed by atoms with van der Waals surface area (Å²) < 4.78 is 0. The first-order valence-corrected chi connectivity index (χ1v) is 7.83. The van der Waals surface area contributed by atoms with Gasteiger partial charge in [0.15, 0.2) is 0 Å². The first-order chi connectivity index (χ1) is 10.8. The number of carbonyl (C=O) groups is 1. The SMILES string of the molecule is Cc1ccc(NC(=O)CNC(C)(C)c2ccc(C)nc2)c(C)c1. The number of benzene rings is 1. The van der Waals surface area contributed by atoms with E-state index in [1.54, 1.807) is 0 Å². The van der Waals surface area contributed by atoms with Gasteiger partial charge in [0.25, 0.3) is 0 Å². The van der Waals surface area contributed by atoms with Gasteiger partial charge in [-0.05, 0) is 57.9 Å².